The highest BCUT2D eigenvalue weighted by atomic mass is 16.1. The van der Waals surface area contributed by atoms with E-state index >= 15 is 0 Å². The summed E-state index contributed by atoms with van der Waals surface area (Å²) in [4.78, 5) is 16.9. The van der Waals surface area contributed by atoms with Crippen LogP contribution in [0, 0.1) is 0 Å². The molecule has 0 fully saturated rings. The molecule has 3 heteroatoms. The van der Waals surface area contributed by atoms with Crippen molar-refractivity contribution in [3.05, 3.63) is 30.4 Å². The van der Waals surface area contributed by atoms with Crippen LogP contribution in [0.1, 0.15) is 16.3 Å². The van der Waals surface area contributed by atoms with Gasteiger partial charge < -0.3 is 4.98 Å². The summed E-state index contributed by atoms with van der Waals surface area (Å²) in [5, 5.41) is 0. The molecule has 1 heterocycles. The number of H-pyrrole nitrogens is 1. The van der Waals surface area contributed by atoms with Gasteiger partial charge in [-0.3, -0.25) is 4.79 Å². The molecule has 0 aliphatic rings. The van der Waals surface area contributed by atoms with Crippen molar-refractivity contribution in [3.63, 3.8) is 0 Å². The number of hydrogen-bond donors (Lipinski definition) is 1. The summed E-state index contributed by atoms with van der Waals surface area (Å²) in [5.74, 6) is 0.775. The molecule has 1 aromatic heterocycles. The Labute approximate surface area is 58.8 Å². The molecule has 0 radical (unpaired) electrons. The van der Waals surface area contributed by atoms with Crippen LogP contribution in [-0.2, 0) is 6.42 Å². The van der Waals surface area contributed by atoms with Gasteiger partial charge in [0.25, 0.3) is 0 Å². The maximum absolute atomic E-state index is 10.1. The van der Waals surface area contributed by atoms with E-state index in [2.05, 4.69) is 16.5 Å². The molecule has 1 rings (SSSR count). The molecule has 0 aliphatic heterocycles. The predicted molar refractivity (Wildman–Crippen MR) is 37.9 cm³/mol. The molecule has 0 aliphatic carbocycles. The van der Waals surface area contributed by atoms with Crippen LogP contribution in [0.5, 0.6) is 0 Å². The second-order valence-electron chi connectivity index (χ2n) is 1.88. The normalized spacial score (nSPS) is 9.20. The second-order valence-corrected chi connectivity index (χ2v) is 1.88. The molecule has 0 unspecified atom stereocenters. The van der Waals surface area contributed by atoms with Gasteiger partial charge in [0, 0.05) is 12.6 Å². The fourth-order valence-electron chi connectivity index (χ4n) is 0.679. The SMILES string of the molecule is C=CCc1nc(C=O)c[nH]1. The first-order valence-electron chi connectivity index (χ1n) is 2.97. The molecule has 0 bridgehead atoms. The van der Waals surface area contributed by atoms with Gasteiger partial charge in [0.05, 0.1) is 0 Å². The summed E-state index contributed by atoms with van der Waals surface area (Å²) in [6, 6.07) is 0. The van der Waals surface area contributed by atoms with Gasteiger partial charge in [-0.05, 0) is 0 Å². The Morgan fingerprint density at radius 3 is 3.10 bits per heavy atom. The van der Waals surface area contributed by atoms with Gasteiger partial charge >= 0.3 is 0 Å². The zero-order chi connectivity index (χ0) is 7.40. The van der Waals surface area contributed by atoms with Gasteiger partial charge in [0.1, 0.15) is 11.5 Å². The minimum atomic E-state index is 0.442. The first-order valence-corrected chi connectivity index (χ1v) is 2.97. The molecule has 1 aromatic rings. The van der Waals surface area contributed by atoms with E-state index in [-0.39, 0.29) is 0 Å². The molecule has 0 saturated carbocycles. The number of imidazole rings is 1. The molecule has 10 heavy (non-hydrogen) atoms. The summed E-state index contributed by atoms with van der Waals surface area (Å²) in [6.45, 7) is 3.54. The van der Waals surface area contributed by atoms with E-state index in [9.17, 15) is 4.79 Å². The Hall–Kier alpha value is -1.38. The first-order chi connectivity index (χ1) is 4.86. The lowest BCUT2D eigenvalue weighted by atomic mass is 10.4. The predicted octanol–water partition coefficient (Wildman–Crippen LogP) is 0.951. The minimum absolute atomic E-state index is 0.442. The van der Waals surface area contributed by atoms with Crippen molar-refractivity contribution in [1.82, 2.24) is 9.97 Å². The zero-order valence-electron chi connectivity index (χ0n) is 5.50. The monoisotopic (exact) mass is 136 g/mol. The van der Waals surface area contributed by atoms with Gasteiger partial charge in [0.2, 0.25) is 0 Å². The average Bonchev–Trinajstić information content (AvgIpc) is 2.37. The number of aromatic nitrogens is 2. The molecule has 0 saturated heterocycles. The van der Waals surface area contributed by atoms with Crippen molar-refractivity contribution in [1.29, 1.82) is 0 Å². The van der Waals surface area contributed by atoms with Crippen LogP contribution in [0.3, 0.4) is 0 Å². The van der Waals surface area contributed by atoms with Crippen molar-refractivity contribution in [3.8, 4) is 0 Å². The standard InChI is InChI=1S/C7H8N2O/c1-2-3-7-8-4-6(5-10)9-7/h2,4-5H,1,3H2,(H,8,9). The van der Waals surface area contributed by atoms with E-state index in [1.54, 1.807) is 12.3 Å². The molecule has 0 amide bonds. The zero-order valence-corrected chi connectivity index (χ0v) is 5.50. The lowest BCUT2D eigenvalue weighted by Gasteiger charge is -1.82. The van der Waals surface area contributed by atoms with Gasteiger partial charge in [-0.1, -0.05) is 6.08 Å². The molecule has 0 spiro atoms. The largest absolute Gasteiger partial charge is 0.348 e. The maximum atomic E-state index is 10.1. The number of aromatic amines is 1. The third-order valence-corrected chi connectivity index (χ3v) is 1.11. The van der Waals surface area contributed by atoms with Crippen molar-refractivity contribution in [2.75, 3.05) is 0 Å². The van der Waals surface area contributed by atoms with Gasteiger partial charge in [0.15, 0.2) is 6.29 Å². The fourth-order valence-corrected chi connectivity index (χ4v) is 0.679. The Bertz CT molecular complexity index is 240. The average molecular weight is 136 g/mol. The Balaban J connectivity index is 2.77. The molecule has 1 N–H and O–H groups in total. The number of nitrogens with zero attached hydrogens (tertiary/aromatic N) is 1. The van der Waals surface area contributed by atoms with E-state index in [0.717, 1.165) is 5.82 Å². The van der Waals surface area contributed by atoms with Crippen LogP contribution >= 0.6 is 0 Å². The van der Waals surface area contributed by atoms with E-state index in [4.69, 9.17) is 0 Å². The second kappa shape index (κ2) is 2.96. The molecule has 0 aromatic carbocycles. The highest BCUT2D eigenvalue weighted by molar-refractivity contribution is 5.71. The van der Waals surface area contributed by atoms with E-state index in [1.165, 1.54) is 0 Å². The van der Waals surface area contributed by atoms with Crippen LogP contribution < -0.4 is 0 Å². The highest BCUT2D eigenvalue weighted by Crippen LogP contribution is 1.94. The highest BCUT2D eigenvalue weighted by Gasteiger charge is 1.95. The molecule has 0 atom stereocenters. The van der Waals surface area contributed by atoms with E-state index in [1.807, 2.05) is 0 Å². The number of allylic oxidation sites excluding steroid dienone is 1. The van der Waals surface area contributed by atoms with Crippen LogP contribution in [0.2, 0.25) is 0 Å². The number of nitrogens with one attached hydrogen (secondary N) is 1. The number of rotatable bonds is 3. The summed E-state index contributed by atoms with van der Waals surface area (Å²) in [7, 11) is 0. The maximum Gasteiger partial charge on any atom is 0.170 e. The number of aldehydes is 1. The third kappa shape index (κ3) is 1.31. The van der Waals surface area contributed by atoms with E-state index < -0.39 is 0 Å². The summed E-state index contributed by atoms with van der Waals surface area (Å²) in [5.41, 5.74) is 0.442. The van der Waals surface area contributed by atoms with Crippen LogP contribution in [0.4, 0.5) is 0 Å². The quantitative estimate of drug-likeness (QED) is 0.496. The third-order valence-electron chi connectivity index (χ3n) is 1.11. The number of carbonyl (C=O) groups is 1. The smallest absolute Gasteiger partial charge is 0.170 e. The van der Waals surface area contributed by atoms with Crippen LogP contribution in [0.15, 0.2) is 18.9 Å². The summed E-state index contributed by atoms with van der Waals surface area (Å²) < 4.78 is 0. The van der Waals surface area contributed by atoms with Crippen molar-refractivity contribution in [2.24, 2.45) is 0 Å². The van der Waals surface area contributed by atoms with Crippen molar-refractivity contribution < 1.29 is 4.79 Å². The number of carbonyl (C=O) groups excluding carboxylic acids is 1. The van der Waals surface area contributed by atoms with E-state index in [0.29, 0.717) is 18.4 Å². The molecular weight excluding hydrogens is 128 g/mol. The summed E-state index contributed by atoms with van der Waals surface area (Å²) in [6.07, 6.45) is 4.69. The van der Waals surface area contributed by atoms with Crippen molar-refractivity contribution in [2.45, 2.75) is 6.42 Å². The molecule has 3 nitrogen and oxygen atoms in total. The van der Waals surface area contributed by atoms with Gasteiger partial charge in [-0.2, -0.15) is 0 Å². The summed E-state index contributed by atoms with van der Waals surface area (Å²) >= 11 is 0. The Morgan fingerprint density at radius 2 is 2.60 bits per heavy atom. The lowest BCUT2D eigenvalue weighted by molar-refractivity contribution is 0.111. The Kier molecular flexibility index (Phi) is 1.99. The fraction of sp³-hybridized carbons (Fsp3) is 0.143. The van der Waals surface area contributed by atoms with Gasteiger partial charge in [-0.25, -0.2) is 4.98 Å². The lowest BCUT2D eigenvalue weighted by Crippen LogP contribution is -1.83. The Morgan fingerprint density at radius 1 is 1.80 bits per heavy atom. The minimum Gasteiger partial charge on any atom is -0.348 e. The van der Waals surface area contributed by atoms with Gasteiger partial charge in [-0.15, -0.1) is 6.58 Å². The van der Waals surface area contributed by atoms with Crippen molar-refractivity contribution >= 4 is 6.29 Å². The molecule has 52 valence electrons. The number of hydrogen-bond acceptors (Lipinski definition) is 2. The topological polar surface area (TPSA) is 45.8 Å². The van der Waals surface area contributed by atoms with Crippen LogP contribution in [-0.4, -0.2) is 16.3 Å². The molecular formula is C7H8N2O. The van der Waals surface area contributed by atoms with Crippen LogP contribution in [0.25, 0.3) is 0 Å². The first kappa shape index (κ1) is 6.74.